The van der Waals surface area contributed by atoms with Crippen LogP contribution < -0.4 is 0 Å². The van der Waals surface area contributed by atoms with E-state index in [2.05, 4.69) is 6.92 Å². The van der Waals surface area contributed by atoms with Crippen LogP contribution in [0, 0.1) is 0 Å². The Hall–Kier alpha value is -1.22. The molecule has 0 fully saturated rings. The highest BCUT2D eigenvalue weighted by atomic mass is 16.5. The Balaban J connectivity index is 2.48. The lowest BCUT2D eigenvalue weighted by Crippen LogP contribution is -1.98. The van der Waals surface area contributed by atoms with Crippen molar-refractivity contribution in [3.63, 3.8) is 0 Å². The van der Waals surface area contributed by atoms with Gasteiger partial charge in [-0.05, 0) is 43.4 Å². The molecule has 2 N–H and O–H groups in total. The van der Waals surface area contributed by atoms with Gasteiger partial charge in [-0.3, -0.25) is 0 Å². The number of phenolic OH excluding ortho intramolecular Hbond substituents is 2. The van der Waals surface area contributed by atoms with Crippen molar-refractivity contribution < 1.29 is 14.9 Å². The second kappa shape index (κ2) is 6.38. The Kier molecular flexibility index (Phi) is 5.12. The zero-order valence-electron chi connectivity index (χ0n) is 9.94. The minimum absolute atomic E-state index is 0.117. The van der Waals surface area contributed by atoms with Gasteiger partial charge in [0.1, 0.15) is 11.5 Å². The number of benzene rings is 1. The van der Waals surface area contributed by atoms with Crippen LogP contribution in [0.4, 0.5) is 0 Å². The Morgan fingerprint density at radius 1 is 1.19 bits per heavy atom. The average molecular weight is 224 g/mol. The van der Waals surface area contributed by atoms with Crippen LogP contribution in [0.1, 0.15) is 38.2 Å². The summed E-state index contributed by atoms with van der Waals surface area (Å²) in [6, 6.07) is 4.74. The minimum Gasteiger partial charge on any atom is -0.508 e. The zero-order chi connectivity index (χ0) is 12.0. The van der Waals surface area contributed by atoms with E-state index >= 15 is 0 Å². The van der Waals surface area contributed by atoms with Crippen molar-refractivity contribution in [3.05, 3.63) is 23.8 Å². The van der Waals surface area contributed by atoms with Gasteiger partial charge < -0.3 is 14.9 Å². The highest BCUT2D eigenvalue weighted by Crippen LogP contribution is 2.28. The normalized spacial score (nSPS) is 12.6. The van der Waals surface area contributed by atoms with Crippen LogP contribution in [-0.4, -0.2) is 23.4 Å². The van der Waals surface area contributed by atoms with E-state index in [-0.39, 0.29) is 11.5 Å². The molecule has 0 amide bonds. The van der Waals surface area contributed by atoms with Gasteiger partial charge in [0.25, 0.3) is 0 Å². The fraction of sp³-hybridized carbons (Fsp3) is 0.538. The molecular weight excluding hydrogens is 204 g/mol. The molecule has 1 aromatic rings. The third-order valence-corrected chi connectivity index (χ3v) is 2.62. The van der Waals surface area contributed by atoms with Crippen LogP contribution in [0.3, 0.4) is 0 Å². The Bertz CT molecular complexity index is 303. The van der Waals surface area contributed by atoms with E-state index in [0.29, 0.717) is 5.92 Å². The second-order valence-corrected chi connectivity index (χ2v) is 4.02. The van der Waals surface area contributed by atoms with Crippen molar-refractivity contribution >= 4 is 0 Å². The number of phenols is 2. The second-order valence-electron chi connectivity index (χ2n) is 4.02. The molecule has 0 bridgehead atoms. The molecule has 3 heteroatoms. The van der Waals surface area contributed by atoms with E-state index < -0.39 is 0 Å². The fourth-order valence-corrected chi connectivity index (χ4v) is 1.71. The maximum atomic E-state index is 9.37. The molecule has 0 aliphatic heterocycles. The molecule has 1 aromatic carbocycles. The summed E-state index contributed by atoms with van der Waals surface area (Å²) in [7, 11) is 0. The van der Waals surface area contributed by atoms with Gasteiger partial charge in [0.15, 0.2) is 0 Å². The molecule has 3 nitrogen and oxygen atoms in total. The van der Waals surface area contributed by atoms with Crippen LogP contribution >= 0.6 is 0 Å². The molecule has 16 heavy (non-hydrogen) atoms. The predicted octanol–water partition coefficient (Wildman–Crippen LogP) is 3.02. The van der Waals surface area contributed by atoms with E-state index in [1.165, 1.54) is 6.07 Å². The van der Waals surface area contributed by atoms with Gasteiger partial charge in [-0.1, -0.05) is 6.92 Å². The number of ether oxygens (including phenoxy) is 1. The average Bonchev–Trinajstić information content (AvgIpc) is 2.22. The lowest BCUT2D eigenvalue weighted by Gasteiger charge is -2.12. The largest absolute Gasteiger partial charge is 0.508 e. The molecule has 0 spiro atoms. The van der Waals surface area contributed by atoms with Crippen LogP contribution in [0.2, 0.25) is 0 Å². The summed E-state index contributed by atoms with van der Waals surface area (Å²) < 4.78 is 5.27. The van der Waals surface area contributed by atoms with E-state index in [0.717, 1.165) is 31.6 Å². The van der Waals surface area contributed by atoms with E-state index in [1.54, 1.807) is 12.1 Å². The van der Waals surface area contributed by atoms with Gasteiger partial charge in [-0.25, -0.2) is 0 Å². The highest BCUT2D eigenvalue weighted by molar-refractivity contribution is 5.38. The number of rotatable bonds is 6. The molecule has 0 aromatic heterocycles. The Morgan fingerprint density at radius 3 is 2.38 bits per heavy atom. The summed E-state index contributed by atoms with van der Waals surface area (Å²) in [6.45, 7) is 5.59. The van der Waals surface area contributed by atoms with Crippen LogP contribution in [0.25, 0.3) is 0 Å². The standard InChI is InChI=1S/C13H20O3/c1-3-16-6-4-5-10(2)11-7-12(14)9-13(15)8-11/h7-10,14-15H,3-6H2,1-2H3. The van der Waals surface area contributed by atoms with Gasteiger partial charge in [0.05, 0.1) is 0 Å². The summed E-state index contributed by atoms with van der Waals surface area (Å²) in [5.74, 6) is 0.553. The predicted molar refractivity (Wildman–Crippen MR) is 63.9 cm³/mol. The van der Waals surface area contributed by atoms with Crippen molar-refractivity contribution in [3.8, 4) is 11.5 Å². The summed E-state index contributed by atoms with van der Waals surface area (Å²) >= 11 is 0. The number of aromatic hydroxyl groups is 2. The molecule has 0 heterocycles. The quantitative estimate of drug-likeness (QED) is 0.730. The maximum Gasteiger partial charge on any atom is 0.119 e. The summed E-state index contributed by atoms with van der Waals surface area (Å²) in [4.78, 5) is 0. The fourth-order valence-electron chi connectivity index (χ4n) is 1.71. The summed E-state index contributed by atoms with van der Waals surface area (Å²) in [5, 5.41) is 18.7. The summed E-state index contributed by atoms with van der Waals surface area (Å²) in [6.07, 6.45) is 1.98. The summed E-state index contributed by atoms with van der Waals surface area (Å²) in [5.41, 5.74) is 0.967. The van der Waals surface area contributed by atoms with E-state index in [9.17, 15) is 10.2 Å². The van der Waals surface area contributed by atoms with E-state index in [1.807, 2.05) is 6.92 Å². The first-order valence-electron chi connectivity index (χ1n) is 5.74. The van der Waals surface area contributed by atoms with E-state index in [4.69, 9.17) is 4.74 Å². The first-order valence-corrected chi connectivity index (χ1v) is 5.74. The van der Waals surface area contributed by atoms with Crippen LogP contribution in [0.15, 0.2) is 18.2 Å². The molecular formula is C13H20O3. The third kappa shape index (κ3) is 4.11. The van der Waals surface area contributed by atoms with Gasteiger partial charge in [0, 0.05) is 19.3 Å². The Labute approximate surface area is 96.7 Å². The smallest absolute Gasteiger partial charge is 0.119 e. The van der Waals surface area contributed by atoms with Crippen molar-refractivity contribution in [2.24, 2.45) is 0 Å². The topological polar surface area (TPSA) is 49.7 Å². The molecule has 1 unspecified atom stereocenters. The van der Waals surface area contributed by atoms with Crippen LogP contribution in [-0.2, 0) is 4.74 Å². The maximum absolute atomic E-state index is 9.37. The van der Waals surface area contributed by atoms with Crippen molar-refractivity contribution in [2.45, 2.75) is 32.6 Å². The van der Waals surface area contributed by atoms with Crippen molar-refractivity contribution in [1.29, 1.82) is 0 Å². The minimum atomic E-state index is 0.117. The first kappa shape index (κ1) is 12.8. The number of hydrogen-bond acceptors (Lipinski definition) is 3. The first-order chi connectivity index (χ1) is 7.63. The molecule has 1 rings (SSSR count). The molecule has 0 saturated heterocycles. The Morgan fingerprint density at radius 2 is 1.81 bits per heavy atom. The molecule has 0 saturated carbocycles. The van der Waals surface area contributed by atoms with Gasteiger partial charge in [0.2, 0.25) is 0 Å². The van der Waals surface area contributed by atoms with Crippen molar-refractivity contribution in [1.82, 2.24) is 0 Å². The van der Waals surface area contributed by atoms with Gasteiger partial charge >= 0.3 is 0 Å². The molecule has 1 atom stereocenters. The lowest BCUT2D eigenvalue weighted by molar-refractivity contribution is 0.142. The van der Waals surface area contributed by atoms with Crippen molar-refractivity contribution in [2.75, 3.05) is 13.2 Å². The molecule has 90 valence electrons. The lowest BCUT2D eigenvalue weighted by atomic mass is 9.96. The van der Waals surface area contributed by atoms with Gasteiger partial charge in [-0.2, -0.15) is 0 Å². The molecule has 0 aliphatic rings. The molecule has 0 radical (unpaired) electrons. The SMILES string of the molecule is CCOCCCC(C)c1cc(O)cc(O)c1. The zero-order valence-corrected chi connectivity index (χ0v) is 9.94. The number of hydrogen-bond donors (Lipinski definition) is 2. The van der Waals surface area contributed by atoms with Crippen LogP contribution in [0.5, 0.6) is 11.5 Å². The third-order valence-electron chi connectivity index (χ3n) is 2.62. The monoisotopic (exact) mass is 224 g/mol. The highest BCUT2D eigenvalue weighted by Gasteiger charge is 2.07. The van der Waals surface area contributed by atoms with Gasteiger partial charge in [-0.15, -0.1) is 0 Å². The molecule has 0 aliphatic carbocycles.